The Bertz CT molecular complexity index is 410. The molecule has 1 saturated heterocycles. The quantitative estimate of drug-likeness (QED) is 0.855. The smallest absolute Gasteiger partial charge is 0.158 e. The number of aromatic nitrogens is 2. The molecule has 0 radical (unpaired) electrons. The van der Waals surface area contributed by atoms with Gasteiger partial charge in [0, 0.05) is 32.3 Å². The second-order valence-corrected chi connectivity index (χ2v) is 4.81. The van der Waals surface area contributed by atoms with E-state index >= 15 is 0 Å². The first-order valence-electron chi connectivity index (χ1n) is 7.18. The first-order chi connectivity index (χ1) is 9.28. The third-order valence-electron chi connectivity index (χ3n) is 3.59. The SMILES string of the molecule is CCOCc1nc(NC)cc(N2CCCC2CC)n1. The van der Waals surface area contributed by atoms with Gasteiger partial charge in [-0.25, -0.2) is 9.97 Å². The Morgan fingerprint density at radius 1 is 1.42 bits per heavy atom. The average Bonchev–Trinajstić information content (AvgIpc) is 2.93. The maximum absolute atomic E-state index is 5.42. The molecule has 5 nitrogen and oxygen atoms in total. The molecule has 1 aliphatic heterocycles. The summed E-state index contributed by atoms with van der Waals surface area (Å²) in [6, 6.07) is 2.64. The van der Waals surface area contributed by atoms with Crippen LogP contribution in [-0.4, -0.2) is 36.2 Å². The topological polar surface area (TPSA) is 50.3 Å². The lowest BCUT2D eigenvalue weighted by Crippen LogP contribution is -2.29. The summed E-state index contributed by atoms with van der Waals surface area (Å²) in [6.45, 7) is 6.47. The molecule has 5 heteroatoms. The summed E-state index contributed by atoms with van der Waals surface area (Å²) in [5.41, 5.74) is 0. The molecule has 1 N–H and O–H groups in total. The Kier molecular flexibility index (Phi) is 4.96. The molecule has 0 saturated carbocycles. The number of nitrogens with zero attached hydrogens (tertiary/aromatic N) is 3. The van der Waals surface area contributed by atoms with Crippen LogP contribution < -0.4 is 10.2 Å². The van der Waals surface area contributed by atoms with E-state index in [0.717, 1.165) is 24.0 Å². The molecule has 1 aromatic heterocycles. The fraction of sp³-hybridized carbons (Fsp3) is 0.714. The summed E-state index contributed by atoms with van der Waals surface area (Å²) in [7, 11) is 1.89. The molecule has 2 rings (SSSR count). The Morgan fingerprint density at radius 3 is 2.95 bits per heavy atom. The normalized spacial score (nSPS) is 18.9. The minimum absolute atomic E-state index is 0.476. The van der Waals surface area contributed by atoms with Gasteiger partial charge in [0.05, 0.1) is 0 Å². The molecule has 2 heterocycles. The summed E-state index contributed by atoms with van der Waals surface area (Å²) in [5, 5.41) is 3.11. The molecule has 1 aromatic rings. The van der Waals surface area contributed by atoms with E-state index in [9.17, 15) is 0 Å². The lowest BCUT2D eigenvalue weighted by atomic mass is 10.2. The molecule has 0 bridgehead atoms. The van der Waals surface area contributed by atoms with Gasteiger partial charge in [-0.15, -0.1) is 0 Å². The van der Waals surface area contributed by atoms with Gasteiger partial charge in [0.15, 0.2) is 5.82 Å². The summed E-state index contributed by atoms with van der Waals surface area (Å²) >= 11 is 0. The van der Waals surface area contributed by atoms with Crippen LogP contribution in [0.1, 0.15) is 38.9 Å². The third-order valence-corrected chi connectivity index (χ3v) is 3.59. The van der Waals surface area contributed by atoms with E-state index in [0.29, 0.717) is 19.3 Å². The van der Waals surface area contributed by atoms with E-state index in [4.69, 9.17) is 4.74 Å². The zero-order valence-corrected chi connectivity index (χ0v) is 12.1. The zero-order chi connectivity index (χ0) is 13.7. The van der Waals surface area contributed by atoms with Crippen LogP contribution in [0.2, 0.25) is 0 Å². The largest absolute Gasteiger partial charge is 0.374 e. The predicted octanol–water partition coefficient (Wildman–Crippen LogP) is 2.43. The summed E-state index contributed by atoms with van der Waals surface area (Å²) < 4.78 is 5.42. The van der Waals surface area contributed by atoms with Gasteiger partial charge in [-0.05, 0) is 26.2 Å². The maximum atomic E-state index is 5.42. The molecule has 1 fully saturated rings. The van der Waals surface area contributed by atoms with E-state index in [2.05, 4.69) is 27.1 Å². The highest BCUT2D eigenvalue weighted by Gasteiger charge is 2.24. The van der Waals surface area contributed by atoms with Gasteiger partial charge in [-0.1, -0.05) is 6.92 Å². The monoisotopic (exact) mass is 264 g/mol. The van der Waals surface area contributed by atoms with Crippen LogP contribution in [-0.2, 0) is 11.3 Å². The molecule has 0 aliphatic carbocycles. The maximum Gasteiger partial charge on any atom is 0.158 e. The second kappa shape index (κ2) is 6.70. The number of hydrogen-bond acceptors (Lipinski definition) is 5. The van der Waals surface area contributed by atoms with Crippen LogP contribution >= 0.6 is 0 Å². The van der Waals surface area contributed by atoms with Gasteiger partial charge in [0.1, 0.15) is 18.2 Å². The third kappa shape index (κ3) is 3.35. The van der Waals surface area contributed by atoms with Gasteiger partial charge in [-0.3, -0.25) is 0 Å². The highest BCUT2D eigenvalue weighted by atomic mass is 16.5. The summed E-state index contributed by atoms with van der Waals surface area (Å²) in [6.07, 6.45) is 3.67. The molecule has 1 atom stereocenters. The predicted molar refractivity (Wildman–Crippen MR) is 77.6 cm³/mol. The number of rotatable bonds is 6. The standard InChI is InChI=1S/C14H24N4O/c1-4-11-7-6-8-18(11)14-9-12(15-3)16-13(17-14)10-19-5-2/h9,11H,4-8,10H2,1-3H3,(H,15,16,17). The second-order valence-electron chi connectivity index (χ2n) is 4.81. The van der Waals surface area contributed by atoms with Crippen molar-refractivity contribution in [3.05, 3.63) is 11.9 Å². The minimum Gasteiger partial charge on any atom is -0.374 e. The highest BCUT2D eigenvalue weighted by Crippen LogP contribution is 2.27. The van der Waals surface area contributed by atoms with Crippen molar-refractivity contribution < 1.29 is 4.74 Å². The van der Waals surface area contributed by atoms with Crippen LogP contribution in [0, 0.1) is 0 Å². The van der Waals surface area contributed by atoms with Crippen LogP contribution in [0.4, 0.5) is 11.6 Å². The van der Waals surface area contributed by atoms with Gasteiger partial charge in [0.2, 0.25) is 0 Å². The van der Waals surface area contributed by atoms with Crippen LogP contribution in [0.15, 0.2) is 6.07 Å². The van der Waals surface area contributed by atoms with E-state index in [-0.39, 0.29) is 0 Å². The van der Waals surface area contributed by atoms with Crippen molar-refractivity contribution >= 4 is 11.6 Å². The van der Waals surface area contributed by atoms with Gasteiger partial charge >= 0.3 is 0 Å². The molecule has 0 spiro atoms. The Labute approximate surface area is 115 Å². The van der Waals surface area contributed by atoms with Crippen molar-refractivity contribution in [2.24, 2.45) is 0 Å². The van der Waals surface area contributed by atoms with Crippen molar-refractivity contribution in [1.29, 1.82) is 0 Å². The fourth-order valence-corrected chi connectivity index (χ4v) is 2.58. The first-order valence-corrected chi connectivity index (χ1v) is 7.18. The van der Waals surface area contributed by atoms with Crippen molar-refractivity contribution in [2.75, 3.05) is 30.4 Å². The molecule has 1 unspecified atom stereocenters. The van der Waals surface area contributed by atoms with Gasteiger partial charge in [-0.2, -0.15) is 0 Å². The van der Waals surface area contributed by atoms with E-state index in [1.54, 1.807) is 0 Å². The average molecular weight is 264 g/mol. The number of ether oxygens (including phenoxy) is 1. The van der Waals surface area contributed by atoms with Gasteiger partial charge < -0.3 is 15.0 Å². The Morgan fingerprint density at radius 2 is 2.26 bits per heavy atom. The molecular formula is C14H24N4O. The van der Waals surface area contributed by atoms with E-state index < -0.39 is 0 Å². The number of anilines is 2. The van der Waals surface area contributed by atoms with Crippen LogP contribution in [0.5, 0.6) is 0 Å². The minimum atomic E-state index is 0.476. The van der Waals surface area contributed by atoms with Gasteiger partial charge in [0.25, 0.3) is 0 Å². The summed E-state index contributed by atoms with van der Waals surface area (Å²) in [5.74, 6) is 2.64. The van der Waals surface area contributed by atoms with Crippen molar-refractivity contribution in [1.82, 2.24) is 9.97 Å². The van der Waals surface area contributed by atoms with Crippen LogP contribution in [0.3, 0.4) is 0 Å². The number of hydrogen-bond donors (Lipinski definition) is 1. The zero-order valence-electron chi connectivity index (χ0n) is 12.1. The highest BCUT2D eigenvalue weighted by molar-refractivity contribution is 5.50. The van der Waals surface area contributed by atoms with Crippen molar-refractivity contribution in [3.63, 3.8) is 0 Å². The lowest BCUT2D eigenvalue weighted by Gasteiger charge is -2.25. The van der Waals surface area contributed by atoms with Crippen molar-refractivity contribution in [2.45, 2.75) is 45.8 Å². The molecular weight excluding hydrogens is 240 g/mol. The van der Waals surface area contributed by atoms with E-state index in [1.807, 2.05) is 20.0 Å². The molecule has 0 aromatic carbocycles. The fourth-order valence-electron chi connectivity index (χ4n) is 2.58. The Hall–Kier alpha value is -1.36. The van der Waals surface area contributed by atoms with Crippen molar-refractivity contribution in [3.8, 4) is 0 Å². The molecule has 1 aliphatic rings. The Balaban J connectivity index is 2.23. The molecule has 19 heavy (non-hydrogen) atoms. The number of nitrogens with one attached hydrogen (secondary N) is 1. The van der Waals surface area contributed by atoms with E-state index in [1.165, 1.54) is 19.3 Å². The van der Waals surface area contributed by atoms with Crippen LogP contribution in [0.25, 0.3) is 0 Å². The molecule has 0 amide bonds. The molecule has 106 valence electrons. The first kappa shape index (κ1) is 14.1. The summed E-state index contributed by atoms with van der Waals surface area (Å²) in [4.78, 5) is 11.5. The lowest BCUT2D eigenvalue weighted by molar-refractivity contribution is 0.128.